The van der Waals surface area contributed by atoms with Crippen LogP contribution in [0.5, 0.6) is 0 Å². The first-order valence-electron chi connectivity index (χ1n) is 4.24. The number of halogens is 1. The summed E-state index contributed by atoms with van der Waals surface area (Å²) in [5.74, 6) is 0.409. The third-order valence-electron chi connectivity index (χ3n) is 1.78. The summed E-state index contributed by atoms with van der Waals surface area (Å²) in [6, 6.07) is 0. The summed E-state index contributed by atoms with van der Waals surface area (Å²) in [5, 5.41) is 0.517. The molecule has 0 saturated heterocycles. The van der Waals surface area contributed by atoms with E-state index in [4.69, 9.17) is 17.3 Å². The van der Waals surface area contributed by atoms with Gasteiger partial charge in [0.2, 0.25) is 0 Å². The molecular formula is C8H14ClN3. The number of nitrogens with zero attached hydrogens (tertiary/aromatic N) is 1. The predicted molar refractivity (Wildman–Crippen MR) is 51.2 cm³/mol. The van der Waals surface area contributed by atoms with Crippen molar-refractivity contribution in [3.63, 3.8) is 0 Å². The number of nitrogens with one attached hydrogen (secondary N) is 1. The Hall–Kier alpha value is -0.700. The van der Waals surface area contributed by atoms with Gasteiger partial charge in [-0.3, -0.25) is 0 Å². The van der Waals surface area contributed by atoms with E-state index in [1.807, 2.05) is 0 Å². The fourth-order valence-electron chi connectivity index (χ4n) is 1.12. The standard InChI is InChI=1S/C8H14ClN3/c1-2-3-4-5-6-7(9)12-8(10)11-6/h2-5H2,1H3,(H3,10,11,12). The summed E-state index contributed by atoms with van der Waals surface area (Å²) in [7, 11) is 0. The number of hydrogen-bond donors (Lipinski definition) is 2. The smallest absolute Gasteiger partial charge is 0.199 e. The first-order valence-corrected chi connectivity index (χ1v) is 4.61. The first kappa shape index (κ1) is 9.39. The third-order valence-corrected chi connectivity index (χ3v) is 2.09. The number of rotatable bonds is 4. The largest absolute Gasteiger partial charge is 0.369 e. The number of nitrogens with two attached hydrogens (primary N) is 1. The Labute approximate surface area is 77.3 Å². The van der Waals surface area contributed by atoms with E-state index in [0.717, 1.165) is 18.5 Å². The maximum Gasteiger partial charge on any atom is 0.199 e. The molecule has 0 atom stereocenters. The molecule has 1 heterocycles. The van der Waals surface area contributed by atoms with Crippen LogP contribution in [-0.4, -0.2) is 9.97 Å². The number of nitrogen functional groups attached to an aromatic ring is 1. The van der Waals surface area contributed by atoms with Crippen LogP contribution in [0.15, 0.2) is 0 Å². The molecule has 1 aromatic heterocycles. The molecular weight excluding hydrogens is 174 g/mol. The maximum atomic E-state index is 5.80. The second-order valence-corrected chi connectivity index (χ2v) is 3.21. The maximum absolute atomic E-state index is 5.80. The molecule has 3 nitrogen and oxygen atoms in total. The zero-order valence-corrected chi connectivity index (χ0v) is 7.99. The molecule has 12 heavy (non-hydrogen) atoms. The summed E-state index contributed by atoms with van der Waals surface area (Å²) in [4.78, 5) is 6.82. The number of unbranched alkanes of at least 4 members (excludes halogenated alkanes) is 2. The van der Waals surface area contributed by atoms with Crippen LogP contribution in [0.2, 0.25) is 5.15 Å². The fourth-order valence-corrected chi connectivity index (χ4v) is 1.36. The number of hydrogen-bond acceptors (Lipinski definition) is 2. The summed E-state index contributed by atoms with van der Waals surface area (Å²) < 4.78 is 0. The van der Waals surface area contributed by atoms with Crippen molar-refractivity contribution in [2.24, 2.45) is 0 Å². The van der Waals surface area contributed by atoms with Crippen LogP contribution in [0.25, 0.3) is 0 Å². The highest BCUT2D eigenvalue weighted by atomic mass is 35.5. The molecule has 4 heteroatoms. The van der Waals surface area contributed by atoms with Gasteiger partial charge in [0.1, 0.15) is 0 Å². The number of aryl methyl sites for hydroxylation is 1. The van der Waals surface area contributed by atoms with E-state index in [2.05, 4.69) is 16.9 Å². The molecule has 1 rings (SSSR count). The summed E-state index contributed by atoms with van der Waals surface area (Å²) in [6.45, 7) is 2.17. The van der Waals surface area contributed by atoms with Gasteiger partial charge in [-0.15, -0.1) is 0 Å². The molecule has 0 saturated carbocycles. The van der Waals surface area contributed by atoms with Gasteiger partial charge in [0.25, 0.3) is 0 Å². The van der Waals surface area contributed by atoms with Gasteiger partial charge in [0.05, 0.1) is 5.69 Å². The van der Waals surface area contributed by atoms with E-state index in [-0.39, 0.29) is 0 Å². The molecule has 0 aliphatic rings. The number of aromatic nitrogens is 2. The van der Waals surface area contributed by atoms with E-state index < -0.39 is 0 Å². The average molecular weight is 188 g/mol. The van der Waals surface area contributed by atoms with Crippen molar-refractivity contribution in [3.8, 4) is 0 Å². The van der Waals surface area contributed by atoms with Crippen LogP contribution in [0.4, 0.5) is 5.95 Å². The van der Waals surface area contributed by atoms with Crippen LogP contribution < -0.4 is 5.73 Å². The van der Waals surface area contributed by atoms with Crippen molar-refractivity contribution in [2.75, 3.05) is 5.73 Å². The number of H-pyrrole nitrogens is 1. The Balaban J connectivity index is 2.45. The Bertz CT molecular complexity index is 244. The Morgan fingerprint density at radius 1 is 1.50 bits per heavy atom. The van der Waals surface area contributed by atoms with Crippen molar-refractivity contribution in [1.82, 2.24) is 9.97 Å². The lowest BCUT2D eigenvalue weighted by Crippen LogP contribution is -1.88. The molecule has 0 bridgehead atoms. The lowest BCUT2D eigenvalue weighted by molar-refractivity contribution is 0.710. The van der Waals surface area contributed by atoms with Crippen LogP contribution in [0.3, 0.4) is 0 Å². The van der Waals surface area contributed by atoms with E-state index in [1.165, 1.54) is 12.8 Å². The zero-order valence-electron chi connectivity index (χ0n) is 7.23. The SMILES string of the molecule is CCCCCc1[nH]c(N)nc1Cl. The van der Waals surface area contributed by atoms with Gasteiger partial charge in [0, 0.05) is 0 Å². The van der Waals surface area contributed by atoms with Gasteiger partial charge in [-0.2, -0.15) is 0 Å². The minimum absolute atomic E-state index is 0.409. The highest BCUT2D eigenvalue weighted by molar-refractivity contribution is 6.30. The fraction of sp³-hybridized carbons (Fsp3) is 0.625. The normalized spacial score (nSPS) is 10.5. The monoisotopic (exact) mass is 187 g/mol. The molecule has 0 aliphatic heterocycles. The minimum atomic E-state index is 0.409. The highest BCUT2D eigenvalue weighted by Crippen LogP contribution is 2.16. The zero-order chi connectivity index (χ0) is 8.97. The Morgan fingerprint density at radius 3 is 2.75 bits per heavy atom. The summed E-state index contributed by atoms with van der Waals surface area (Å²) in [5.41, 5.74) is 6.39. The average Bonchev–Trinajstić information content (AvgIpc) is 2.31. The number of aromatic amines is 1. The van der Waals surface area contributed by atoms with E-state index in [1.54, 1.807) is 0 Å². The Kier molecular flexibility index (Phi) is 3.41. The van der Waals surface area contributed by atoms with Crippen LogP contribution in [0, 0.1) is 0 Å². The van der Waals surface area contributed by atoms with Crippen LogP contribution in [0.1, 0.15) is 31.9 Å². The topological polar surface area (TPSA) is 54.7 Å². The van der Waals surface area contributed by atoms with Gasteiger partial charge in [-0.25, -0.2) is 4.98 Å². The van der Waals surface area contributed by atoms with Crippen molar-refractivity contribution in [1.29, 1.82) is 0 Å². The number of anilines is 1. The number of imidazole rings is 1. The second kappa shape index (κ2) is 4.36. The molecule has 0 aliphatic carbocycles. The van der Waals surface area contributed by atoms with Gasteiger partial charge in [-0.05, 0) is 12.8 Å². The molecule has 1 aromatic rings. The third kappa shape index (κ3) is 2.41. The predicted octanol–water partition coefficient (Wildman–Crippen LogP) is 2.38. The molecule has 3 N–H and O–H groups in total. The van der Waals surface area contributed by atoms with E-state index >= 15 is 0 Å². The summed E-state index contributed by atoms with van der Waals surface area (Å²) in [6.07, 6.45) is 4.51. The van der Waals surface area contributed by atoms with Crippen molar-refractivity contribution < 1.29 is 0 Å². The lowest BCUT2D eigenvalue weighted by atomic mass is 10.2. The van der Waals surface area contributed by atoms with Gasteiger partial charge >= 0.3 is 0 Å². The first-order chi connectivity index (χ1) is 5.74. The molecule has 0 spiro atoms. The van der Waals surface area contributed by atoms with Gasteiger partial charge in [0.15, 0.2) is 11.1 Å². The van der Waals surface area contributed by atoms with Crippen molar-refractivity contribution in [2.45, 2.75) is 32.6 Å². The summed E-state index contributed by atoms with van der Waals surface area (Å²) >= 11 is 5.80. The second-order valence-electron chi connectivity index (χ2n) is 2.85. The van der Waals surface area contributed by atoms with E-state index in [0.29, 0.717) is 11.1 Å². The quantitative estimate of drug-likeness (QED) is 0.712. The minimum Gasteiger partial charge on any atom is -0.369 e. The van der Waals surface area contributed by atoms with Crippen LogP contribution >= 0.6 is 11.6 Å². The molecule has 0 radical (unpaired) electrons. The van der Waals surface area contributed by atoms with Crippen molar-refractivity contribution in [3.05, 3.63) is 10.8 Å². The molecule has 0 unspecified atom stereocenters. The molecule has 0 amide bonds. The van der Waals surface area contributed by atoms with Gasteiger partial charge < -0.3 is 10.7 Å². The van der Waals surface area contributed by atoms with Crippen LogP contribution in [-0.2, 0) is 6.42 Å². The van der Waals surface area contributed by atoms with E-state index in [9.17, 15) is 0 Å². The molecule has 0 aromatic carbocycles. The molecule has 68 valence electrons. The molecule has 0 fully saturated rings. The van der Waals surface area contributed by atoms with Gasteiger partial charge in [-0.1, -0.05) is 31.4 Å². The Morgan fingerprint density at radius 2 is 2.25 bits per heavy atom. The lowest BCUT2D eigenvalue weighted by Gasteiger charge is -1.95. The van der Waals surface area contributed by atoms with Crippen molar-refractivity contribution >= 4 is 17.5 Å². The highest BCUT2D eigenvalue weighted by Gasteiger charge is 2.04.